The van der Waals surface area contributed by atoms with Gasteiger partial charge in [-0.1, -0.05) is 23.7 Å². The summed E-state index contributed by atoms with van der Waals surface area (Å²) in [6, 6.07) is 7.22. The first kappa shape index (κ1) is 13.1. The van der Waals surface area contributed by atoms with Crippen molar-refractivity contribution in [2.75, 3.05) is 7.11 Å². The van der Waals surface area contributed by atoms with E-state index < -0.39 is 11.4 Å². The minimum absolute atomic E-state index is 0.00991. The standard InChI is InChI=1S/C14H15ClO3/c1-18-13(17)14(8-2-3-12(14)16)9-10-4-6-11(15)7-5-10/h4-7H,2-3,8-9H2,1H3/t14-/m1/s1. The van der Waals surface area contributed by atoms with E-state index in [1.807, 2.05) is 12.1 Å². The quantitative estimate of drug-likeness (QED) is 0.624. The summed E-state index contributed by atoms with van der Waals surface area (Å²) in [5.41, 5.74) is -0.0530. The van der Waals surface area contributed by atoms with Gasteiger partial charge in [0.25, 0.3) is 0 Å². The lowest BCUT2D eigenvalue weighted by atomic mass is 9.79. The largest absolute Gasteiger partial charge is 0.468 e. The van der Waals surface area contributed by atoms with Crippen LogP contribution in [0.5, 0.6) is 0 Å². The van der Waals surface area contributed by atoms with Gasteiger partial charge in [0.1, 0.15) is 5.41 Å². The van der Waals surface area contributed by atoms with Crippen LogP contribution in [0.3, 0.4) is 0 Å². The van der Waals surface area contributed by atoms with Crippen LogP contribution in [0.4, 0.5) is 0 Å². The smallest absolute Gasteiger partial charge is 0.319 e. The van der Waals surface area contributed by atoms with Crippen molar-refractivity contribution in [1.29, 1.82) is 0 Å². The van der Waals surface area contributed by atoms with Crippen molar-refractivity contribution in [3.63, 3.8) is 0 Å². The van der Waals surface area contributed by atoms with Crippen molar-refractivity contribution in [3.8, 4) is 0 Å². The Labute approximate surface area is 111 Å². The zero-order valence-corrected chi connectivity index (χ0v) is 11.0. The van der Waals surface area contributed by atoms with Crippen LogP contribution in [0, 0.1) is 5.41 Å². The summed E-state index contributed by atoms with van der Waals surface area (Å²) in [7, 11) is 1.33. The van der Waals surface area contributed by atoms with Gasteiger partial charge in [-0.15, -0.1) is 0 Å². The summed E-state index contributed by atoms with van der Waals surface area (Å²) >= 11 is 5.82. The SMILES string of the molecule is COC(=O)[C@@]1(Cc2ccc(Cl)cc2)CCCC1=O. The summed E-state index contributed by atoms with van der Waals surface area (Å²) in [5.74, 6) is -0.427. The van der Waals surface area contributed by atoms with Crippen molar-refractivity contribution < 1.29 is 14.3 Å². The summed E-state index contributed by atoms with van der Waals surface area (Å²) in [4.78, 5) is 24.0. The lowest BCUT2D eigenvalue weighted by Gasteiger charge is -2.24. The van der Waals surface area contributed by atoms with Crippen LogP contribution >= 0.6 is 11.6 Å². The van der Waals surface area contributed by atoms with Crippen molar-refractivity contribution in [1.82, 2.24) is 0 Å². The Morgan fingerprint density at radius 3 is 2.56 bits per heavy atom. The molecule has 0 aliphatic heterocycles. The predicted molar refractivity (Wildman–Crippen MR) is 68.5 cm³/mol. The monoisotopic (exact) mass is 266 g/mol. The highest BCUT2D eigenvalue weighted by Crippen LogP contribution is 2.39. The molecule has 18 heavy (non-hydrogen) atoms. The molecule has 0 saturated heterocycles. The maximum atomic E-state index is 12.0. The number of ketones is 1. The number of Topliss-reactive ketones (excluding diaryl/α,β-unsaturated/α-hetero) is 1. The van der Waals surface area contributed by atoms with E-state index in [-0.39, 0.29) is 5.78 Å². The summed E-state index contributed by atoms with van der Waals surface area (Å²) in [5, 5.41) is 0.642. The van der Waals surface area contributed by atoms with Gasteiger partial charge in [0.05, 0.1) is 7.11 Å². The molecule has 0 spiro atoms. The fourth-order valence-electron chi connectivity index (χ4n) is 2.55. The molecule has 0 amide bonds. The molecule has 1 aliphatic rings. The second-order valence-electron chi connectivity index (χ2n) is 4.65. The topological polar surface area (TPSA) is 43.4 Å². The molecule has 0 aromatic heterocycles. The molecule has 0 heterocycles. The van der Waals surface area contributed by atoms with Crippen LogP contribution in [0.2, 0.25) is 5.02 Å². The molecular weight excluding hydrogens is 252 g/mol. The fourth-order valence-corrected chi connectivity index (χ4v) is 2.68. The van der Waals surface area contributed by atoms with Gasteiger partial charge in [-0.05, 0) is 37.0 Å². The maximum Gasteiger partial charge on any atom is 0.319 e. The Morgan fingerprint density at radius 2 is 2.06 bits per heavy atom. The van der Waals surface area contributed by atoms with E-state index in [0.29, 0.717) is 24.3 Å². The van der Waals surface area contributed by atoms with Crippen LogP contribution in [0.15, 0.2) is 24.3 Å². The zero-order valence-electron chi connectivity index (χ0n) is 10.2. The minimum Gasteiger partial charge on any atom is -0.468 e. The zero-order chi connectivity index (χ0) is 13.2. The van der Waals surface area contributed by atoms with Gasteiger partial charge in [-0.2, -0.15) is 0 Å². The third-order valence-electron chi connectivity index (χ3n) is 3.54. The van der Waals surface area contributed by atoms with Gasteiger partial charge >= 0.3 is 5.97 Å². The van der Waals surface area contributed by atoms with Crippen molar-refractivity contribution in [3.05, 3.63) is 34.9 Å². The Balaban J connectivity index is 2.28. The molecular formula is C14H15ClO3. The molecule has 2 rings (SSSR count). The van der Waals surface area contributed by atoms with Gasteiger partial charge in [0.15, 0.2) is 5.78 Å². The third kappa shape index (κ3) is 2.27. The summed E-state index contributed by atoms with van der Waals surface area (Å²) < 4.78 is 4.82. The number of rotatable bonds is 3. The molecule has 1 aromatic rings. The van der Waals surface area contributed by atoms with E-state index in [2.05, 4.69) is 0 Å². The number of ether oxygens (including phenoxy) is 1. The molecule has 96 valence electrons. The van der Waals surface area contributed by atoms with E-state index >= 15 is 0 Å². The second-order valence-corrected chi connectivity index (χ2v) is 5.09. The van der Waals surface area contributed by atoms with Crippen molar-refractivity contribution in [2.24, 2.45) is 5.41 Å². The average molecular weight is 267 g/mol. The van der Waals surface area contributed by atoms with Crippen molar-refractivity contribution in [2.45, 2.75) is 25.7 Å². The molecule has 3 nitrogen and oxygen atoms in total. The van der Waals surface area contributed by atoms with Crippen LogP contribution in [-0.2, 0) is 20.7 Å². The molecule has 0 bridgehead atoms. The van der Waals surface area contributed by atoms with Crippen LogP contribution in [-0.4, -0.2) is 18.9 Å². The highest BCUT2D eigenvalue weighted by atomic mass is 35.5. The number of esters is 1. The van der Waals surface area contributed by atoms with Gasteiger partial charge in [0, 0.05) is 11.4 Å². The molecule has 1 saturated carbocycles. The molecule has 1 atom stereocenters. The highest BCUT2D eigenvalue weighted by molar-refractivity contribution is 6.30. The minimum atomic E-state index is -0.984. The number of carbonyl (C=O) groups excluding carboxylic acids is 2. The fraction of sp³-hybridized carbons (Fsp3) is 0.429. The second kappa shape index (κ2) is 5.11. The average Bonchev–Trinajstić information content (AvgIpc) is 2.74. The number of methoxy groups -OCH3 is 1. The lowest BCUT2D eigenvalue weighted by molar-refractivity contribution is -0.156. The number of carbonyl (C=O) groups is 2. The van der Waals surface area contributed by atoms with Gasteiger partial charge < -0.3 is 4.74 Å². The first-order valence-corrected chi connectivity index (χ1v) is 6.32. The lowest BCUT2D eigenvalue weighted by Crippen LogP contribution is -2.38. The van der Waals surface area contributed by atoms with Crippen LogP contribution < -0.4 is 0 Å². The molecule has 0 radical (unpaired) electrons. The van der Waals surface area contributed by atoms with E-state index in [0.717, 1.165) is 12.0 Å². The number of hydrogen-bond acceptors (Lipinski definition) is 3. The van der Waals surface area contributed by atoms with Gasteiger partial charge in [-0.3, -0.25) is 9.59 Å². The number of benzene rings is 1. The molecule has 0 N–H and O–H groups in total. The highest BCUT2D eigenvalue weighted by Gasteiger charge is 2.49. The molecule has 0 unspecified atom stereocenters. The third-order valence-corrected chi connectivity index (χ3v) is 3.79. The molecule has 1 fully saturated rings. The van der Waals surface area contributed by atoms with Crippen molar-refractivity contribution >= 4 is 23.4 Å². The Morgan fingerprint density at radius 1 is 1.39 bits per heavy atom. The van der Waals surface area contributed by atoms with Gasteiger partial charge in [-0.25, -0.2) is 0 Å². The Kier molecular flexibility index (Phi) is 3.71. The first-order chi connectivity index (χ1) is 8.58. The molecule has 1 aromatic carbocycles. The summed E-state index contributed by atoms with van der Waals surface area (Å²) in [6.07, 6.45) is 2.18. The van der Waals surface area contributed by atoms with Crippen LogP contribution in [0.25, 0.3) is 0 Å². The van der Waals surface area contributed by atoms with E-state index in [4.69, 9.17) is 16.3 Å². The number of hydrogen-bond donors (Lipinski definition) is 0. The Hall–Kier alpha value is -1.35. The summed E-state index contributed by atoms with van der Waals surface area (Å²) in [6.45, 7) is 0. The van der Waals surface area contributed by atoms with Crippen LogP contribution in [0.1, 0.15) is 24.8 Å². The van der Waals surface area contributed by atoms with E-state index in [1.165, 1.54) is 7.11 Å². The maximum absolute atomic E-state index is 12.0. The predicted octanol–water partition coefficient (Wildman–Crippen LogP) is 2.79. The Bertz CT molecular complexity index is 466. The van der Waals surface area contributed by atoms with Gasteiger partial charge in [0.2, 0.25) is 0 Å². The first-order valence-electron chi connectivity index (χ1n) is 5.95. The normalized spacial score (nSPS) is 23.1. The van der Waals surface area contributed by atoms with E-state index in [1.54, 1.807) is 12.1 Å². The molecule has 1 aliphatic carbocycles. The number of halogens is 1. The van der Waals surface area contributed by atoms with E-state index in [9.17, 15) is 9.59 Å². The molecule has 4 heteroatoms.